The molecule has 1 unspecified atom stereocenters. The molecule has 1 saturated heterocycles. The quantitative estimate of drug-likeness (QED) is 0.541. The summed E-state index contributed by atoms with van der Waals surface area (Å²) in [5, 5.41) is 17.7. The highest BCUT2D eigenvalue weighted by Crippen LogP contribution is 2.18. The van der Waals surface area contributed by atoms with Crippen LogP contribution in [-0.2, 0) is 0 Å². The Morgan fingerprint density at radius 3 is 1.94 bits per heavy atom. The Labute approximate surface area is 189 Å². The number of urea groups is 2. The number of carbonyl (C=O) groups excluding carboxylic acids is 2. The molecule has 9 heteroatoms. The van der Waals surface area contributed by atoms with Gasteiger partial charge in [-0.05, 0) is 54.6 Å². The van der Waals surface area contributed by atoms with E-state index in [1.165, 1.54) is 10.6 Å². The molecule has 4 rings (SSSR count). The fraction of sp³-hybridized carbons (Fsp3) is 0.125. The molecule has 0 spiro atoms. The van der Waals surface area contributed by atoms with E-state index in [4.69, 9.17) is 6.42 Å². The third-order valence-corrected chi connectivity index (χ3v) is 5.05. The van der Waals surface area contributed by atoms with E-state index in [0.717, 1.165) is 10.0 Å². The number of terminal acetylenes is 1. The number of benzene rings is 2. The number of anilines is 2. The van der Waals surface area contributed by atoms with Gasteiger partial charge in [-0.1, -0.05) is 12.0 Å². The molecule has 4 amide bonds. The van der Waals surface area contributed by atoms with E-state index >= 15 is 0 Å². The van der Waals surface area contributed by atoms with Gasteiger partial charge in [0.05, 0.1) is 19.2 Å². The van der Waals surface area contributed by atoms with Crippen molar-refractivity contribution in [1.29, 1.82) is 0 Å². The first kappa shape index (κ1) is 21.7. The number of rotatable bonds is 3. The largest absolute Gasteiger partial charge is 0.389 e. The van der Waals surface area contributed by atoms with Crippen LogP contribution >= 0.6 is 0 Å². The summed E-state index contributed by atoms with van der Waals surface area (Å²) in [5.74, 6) is 2.49. The Balaban J connectivity index is 1.44. The Hall–Kier alpha value is -4.55. The fourth-order valence-corrected chi connectivity index (χ4v) is 3.41. The zero-order chi connectivity index (χ0) is 23.4. The summed E-state index contributed by atoms with van der Waals surface area (Å²) in [4.78, 5) is 37.5. The number of carbonyl (C=O) groups is 2. The average molecular weight is 443 g/mol. The predicted octanol–water partition coefficient (Wildman–Crippen LogP) is 2.48. The number of nitrogens with zero attached hydrogens (tertiary/aromatic N) is 3. The summed E-state index contributed by atoms with van der Waals surface area (Å²) in [6.45, 7) is -0.0651. The van der Waals surface area contributed by atoms with Gasteiger partial charge in [0.2, 0.25) is 0 Å². The maximum Gasteiger partial charge on any atom is 0.340 e. The van der Waals surface area contributed by atoms with Crippen LogP contribution in [0.4, 0.5) is 21.0 Å². The highest BCUT2D eigenvalue weighted by molar-refractivity contribution is 5.94. The van der Waals surface area contributed by atoms with Gasteiger partial charge in [0, 0.05) is 34.9 Å². The average Bonchev–Trinajstić information content (AvgIpc) is 3.22. The smallest absolute Gasteiger partial charge is 0.340 e. The molecule has 0 saturated carbocycles. The van der Waals surface area contributed by atoms with Gasteiger partial charge in [0.25, 0.3) is 5.56 Å². The SMILES string of the molecule is C#Cc1ccc(NC(=O)N2CC(O)CN2C(=O)Nc2ccc(-n3ccccc3=O)cc2)cc1. The van der Waals surface area contributed by atoms with E-state index < -0.39 is 18.2 Å². The maximum atomic E-state index is 12.8. The van der Waals surface area contributed by atoms with E-state index in [0.29, 0.717) is 22.6 Å². The normalized spacial score (nSPS) is 15.1. The molecule has 2 aromatic carbocycles. The Morgan fingerprint density at radius 1 is 0.879 bits per heavy atom. The van der Waals surface area contributed by atoms with Gasteiger partial charge in [-0.2, -0.15) is 0 Å². The fourth-order valence-electron chi connectivity index (χ4n) is 3.41. The minimum absolute atomic E-state index is 0.0302. The van der Waals surface area contributed by atoms with Crippen molar-refractivity contribution in [2.45, 2.75) is 6.10 Å². The third kappa shape index (κ3) is 4.87. The van der Waals surface area contributed by atoms with E-state index in [1.54, 1.807) is 66.9 Å². The molecule has 1 aromatic heterocycles. The molecule has 1 aliphatic rings. The van der Waals surface area contributed by atoms with Crippen molar-refractivity contribution in [1.82, 2.24) is 14.6 Å². The molecule has 3 N–H and O–H groups in total. The molecular formula is C24H21N5O4. The minimum atomic E-state index is -0.877. The first-order valence-electron chi connectivity index (χ1n) is 10.1. The summed E-state index contributed by atoms with van der Waals surface area (Å²) >= 11 is 0. The van der Waals surface area contributed by atoms with Crippen LogP contribution in [0.1, 0.15) is 5.56 Å². The van der Waals surface area contributed by atoms with Crippen LogP contribution in [0.3, 0.4) is 0 Å². The van der Waals surface area contributed by atoms with Gasteiger partial charge in [0.1, 0.15) is 0 Å². The number of hydrazine groups is 1. The van der Waals surface area contributed by atoms with Crippen LogP contribution in [0.2, 0.25) is 0 Å². The second kappa shape index (κ2) is 9.30. The number of aromatic nitrogens is 1. The predicted molar refractivity (Wildman–Crippen MR) is 124 cm³/mol. The van der Waals surface area contributed by atoms with Crippen LogP contribution in [-0.4, -0.2) is 50.9 Å². The number of nitrogens with one attached hydrogen (secondary N) is 2. The lowest BCUT2D eigenvalue weighted by Crippen LogP contribution is -2.48. The third-order valence-electron chi connectivity index (χ3n) is 5.05. The lowest BCUT2D eigenvalue weighted by Gasteiger charge is -2.27. The van der Waals surface area contributed by atoms with E-state index in [9.17, 15) is 19.5 Å². The van der Waals surface area contributed by atoms with Crippen molar-refractivity contribution < 1.29 is 14.7 Å². The highest BCUT2D eigenvalue weighted by Gasteiger charge is 2.36. The van der Waals surface area contributed by atoms with Gasteiger partial charge in [-0.3, -0.25) is 9.36 Å². The molecule has 0 bridgehead atoms. The van der Waals surface area contributed by atoms with Crippen molar-refractivity contribution in [2.24, 2.45) is 0 Å². The lowest BCUT2D eigenvalue weighted by molar-refractivity contribution is 0.103. The van der Waals surface area contributed by atoms with Crippen LogP contribution in [0.5, 0.6) is 0 Å². The minimum Gasteiger partial charge on any atom is -0.389 e. The number of aliphatic hydroxyl groups excluding tert-OH is 1. The standard InChI is InChI=1S/C24H21N5O4/c1-2-17-6-8-18(9-7-17)25-23(32)28-15-21(30)16-29(28)24(33)26-19-10-12-20(13-11-19)27-14-4-3-5-22(27)31/h1,3-14,21,30H,15-16H2,(H,25,32)(H,26,33). The number of hydrogen-bond donors (Lipinski definition) is 3. The van der Waals surface area contributed by atoms with Gasteiger partial charge < -0.3 is 15.7 Å². The zero-order valence-corrected chi connectivity index (χ0v) is 17.5. The van der Waals surface area contributed by atoms with Crippen molar-refractivity contribution in [3.63, 3.8) is 0 Å². The second-order valence-electron chi connectivity index (χ2n) is 7.36. The highest BCUT2D eigenvalue weighted by atomic mass is 16.3. The number of amides is 4. The summed E-state index contributed by atoms with van der Waals surface area (Å²) < 4.78 is 1.48. The molecular weight excluding hydrogens is 422 g/mol. The monoisotopic (exact) mass is 443 g/mol. The molecule has 0 radical (unpaired) electrons. The number of aliphatic hydroxyl groups is 1. The molecule has 1 aliphatic heterocycles. The second-order valence-corrected chi connectivity index (χ2v) is 7.36. The zero-order valence-electron chi connectivity index (χ0n) is 17.5. The summed E-state index contributed by atoms with van der Waals surface area (Å²) in [7, 11) is 0. The Bertz CT molecular complexity index is 1260. The number of hydrogen-bond acceptors (Lipinski definition) is 4. The van der Waals surface area contributed by atoms with Crippen LogP contribution in [0.25, 0.3) is 5.69 Å². The van der Waals surface area contributed by atoms with Crippen molar-refractivity contribution in [3.05, 3.63) is 88.8 Å². The van der Waals surface area contributed by atoms with Crippen LogP contribution < -0.4 is 16.2 Å². The van der Waals surface area contributed by atoms with Crippen molar-refractivity contribution in [3.8, 4) is 18.0 Å². The molecule has 33 heavy (non-hydrogen) atoms. The van der Waals surface area contributed by atoms with Gasteiger partial charge >= 0.3 is 12.1 Å². The van der Waals surface area contributed by atoms with E-state index in [2.05, 4.69) is 16.6 Å². The summed E-state index contributed by atoms with van der Waals surface area (Å²) in [6, 6.07) is 17.1. The van der Waals surface area contributed by atoms with E-state index in [1.807, 2.05) is 0 Å². The Morgan fingerprint density at radius 2 is 1.42 bits per heavy atom. The molecule has 1 atom stereocenters. The topological polar surface area (TPSA) is 107 Å². The van der Waals surface area contributed by atoms with Gasteiger partial charge in [-0.25, -0.2) is 19.6 Å². The molecule has 9 nitrogen and oxygen atoms in total. The first-order chi connectivity index (χ1) is 15.9. The summed E-state index contributed by atoms with van der Waals surface area (Å²) in [5.41, 5.74) is 2.13. The van der Waals surface area contributed by atoms with Crippen molar-refractivity contribution in [2.75, 3.05) is 23.7 Å². The maximum absolute atomic E-state index is 12.8. The lowest BCUT2D eigenvalue weighted by atomic mass is 10.2. The molecule has 0 aliphatic carbocycles. The van der Waals surface area contributed by atoms with E-state index in [-0.39, 0.29) is 18.6 Å². The molecule has 2 heterocycles. The number of pyridine rings is 1. The molecule has 3 aromatic rings. The Kier molecular flexibility index (Phi) is 6.11. The molecule has 166 valence electrons. The number of β-amino-alcohol motifs (C(OH)–C–C–N with tert-alkyl or cyclic N) is 1. The van der Waals surface area contributed by atoms with Crippen molar-refractivity contribution >= 4 is 23.4 Å². The summed E-state index contributed by atoms with van der Waals surface area (Å²) in [6.07, 6.45) is 6.11. The molecule has 1 fully saturated rings. The van der Waals surface area contributed by atoms with Gasteiger partial charge in [-0.15, -0.1) is 6.42 Å². The van der Waals surface area contributed by atoms with Crippen LogP contribution in [0.15, 0.2) is 77.7 Å². The van der Waals surface area contributed by atoms with Crippen LogP contribution in [0, 0.1) is 12.3 Å². The first-order valence-corrected chi connectivity index (χ1v) is 10.1. The van der Waals surface area contributed by atoms with Gasteiger partial charge in [0.15, 0.2) is 0 Å².